The third-order valence-electron chi connectivity index (χ3n) is 4.37. The van der Waals surface area contributed by atoms with Crippen molar-refractivity contribution in [1.82, 2.24) is 4.90 Å². The fourth-order valence-corrected chi connectivity index (χ4v) is 2.89. The Morgan fingerprint density at radius 3 is 2.37 bits per heavy atom. The number of nitrogens with zero attached hydrogens (tertiary/aromatic N) is 1. The van der Waals surface area contributed by atoms with E-state index in [2.05, 4.69) is 36.2 Å². The summed E-state index contributed by atoms with van der Waals surface area (Å²) in [5.74, 6) is 0.411. The van der Waals surface area contributed by atoms with Gasteiger partial charge in [-0.05, 0) is 48.0 Å². The Balaban J connectivity index is 1.52. The minimum absolute atomic E-state index is 0.420. The second kappa shape index (κ2) is 9.01. The minimum Gasteiger partial charge on any atom is -0.492 e. The Morgan fingerprint density at radius 1 is 0.926 bits per heavy atom. The standard InChI is InChI=1S/C23H24N2O2/c1-25(17-18-6-3-2-4-7-18)14-15-27-22-12-10-19(11-13-22)20-8-5-9-21(16-20)23(24)26/h2-13,16H,14-15,17H2,1H3,(H2,24,26). The number of rotatable bonds is 8. The molecule has 0 saturated carbocycles. The number of nitrogens with two attached hydrogens (primary N) is 1. The van der Waals surface area contributed by atoms with E-state index in [-0.39, 0.29) is 0 Å². The van der Waals surface area contributed by atoms with E-state index in [4.69, 9.17) is 10.5 Å². The van der Waals surface area contributed by atoms with Crippen molar-refractivity contribution in [3.05, 3.63) is 90.0 Å². The average Bonchev–Trinajstić information content (AvgIpc) is 2.69. The minimum atomic E-state index is -0.420. The van der Waals surface area contributed by atoms with E-state index in [1.165, 1.54) is 5.56 Å². The summed E-state index contributed by atoms with van der Waals surface area (Å²) in [5.41, 5.74) is 9.13. The summed E-state index contributed by atoms with van der Waals surface area (Å²) >= 11 is 0. The molecule has 0 atom stereocenters. The van der Waals surface area contributed by atoms with Crippen LogP contribution in [0.5, 0.6) is 5.75 Å². The van der Waals surface area contributed by atoms with Crippen LogP contribution in [0.3, 0.4) is 0 Å². The molecule has 138 valence electrons. The number of likely N-dealkylation sites (N-methyl/N-ethyl adjacent to an activating group) is 1. The van der Waals surface area contributed by atoms with E-state index < -0.39 is 5.91 Å². The predicted molar refractivity (Wildman–Crippen MR) is 109 cm³/mol. The molecular weight excluding hydrogens is 336 g/mol. The molecule has 1 amide bonds. The van der Waals surface area contributed by atoms with Crippen LogP contribution < -0.4 is 10.5 Å². The summed E-state index contributed by atoms with van der Waals surface area (Å²) < 4.78 is 5.85. The average molecular weight is 360 g/mol. The first-order valence-electron chi connectivity index (χ1n) is 8.97. The van der Waals surface area contributed by atoms with Crippen LogP contribution in [0.25, 0.3) is 11.1 Å². The van der Waals surface area contributed by atoms with Crippen molar-refractivity contribution in [3.63, 3.8) is 0 Å². The summed E-state index contributed by atoms with van der Waals surface area (Å²) in [6, 6.07) is 25.6. The highest BCUT2D eigenvalue weighted by Gasteiger charge is 2.04. The van der Waals surface area contributed by atoms with Crippen LogP contribution in [0.1, 0.15) is 15.9 Å². The molecule has 3 aromatic carbocycles. The lowest BCUT2D eigenvalue weighted by Crippen LogP contribution is -2.23. The lowest BCUT2D eigenvalue weighted by atomic mass is 10.0. The number of benzene rings is 3. The molecule has 27 heavy (non-hydrogen) atoms. The number of amides is 1. The molecule has 0 aromatic heterocycles. The number of carbonyl (C=O) groups excluding carboxylic acids is 1. The number of ether oxygens (including phenoxy) is 1. The fourth-order valence-electron chi connectivity index (χ4n) is 2.89. The van der Waals surface area contributed by atoms with Crippen LogP contribution in [0.2, 0.25) is 0 Å². The predicted octanol–water partition coefficient (Wildman–Crippen LogP) is 3.96. The molecular formula is C23H24N2O2. The van der Waals surface area contributed by atoms with Crippen molar-refractivity contribution in [1.29, 1.82) is 0 Å². The van der Waals surface area contributed by atoms with Crippen molar-refractivity contribution in [3.8, 4) is 16.9 Å². The summed E-state index contributed by atoms with van der Waals surface area (Å²) in [6.07, 6.45) is 0. The monoisotopic (exact) mass is 360 g/mol. The molecule has 3 aromatic rings. The van der Waals surface area contributed by atoms with Gasteiger partial charge in [0.25, 0.3) is 0 Å². The van der Waals surface area contributed by atoms with Gasteiger partial charge in [-0.3, -0.25) is 9.69 Å². The molecule has 0 spiro atoms. The van der Waals surface area contributed by atoms with E-state index >= 15 is 0 Å². The van der Waals surface area contributed by atoms with E-state index in [1.54, 1.807) is 12.1 Å². The van der Waals surface area contributed by atoms with Crippen LogP contribution in [0.15, 0.2) is 78.9 Å². The largest absolute Gasteiger partial charge is 0.492 e. The zero-order chi connectivity index (χ0) is 19.1. The van der Waals surface area contributed by atoms with Crippen LogP contribution in [0.4, 0.5) is 0 Å². The molecule has 3 rings (SSSR count). The quantitative estimate of drug-likeness (QED) is 0.661. The summed E-state index contributed by atoms with van der Waals surface area (Å²) in [6.45, 7) is 2.37. The van der Waals surface area contributed by atoms with E-state index in [0.717, 1.165) is 30.0 Å². The molecule has 2 N–H and O–H groups in total. The molecule has 4 nitrogen and oxygen atoms in total. The van der Waals surface area contributed by atoms with Gasteiger partial charge in [0.05, 0.1) is 0 Å². The molecule has 0 saturated heterocycles. The van der Waals surface area contributed by atoms with Gasteiger partial charge in [-0.2, -0.15) is 0 Å². The molecule has 0 fully saturated rings. The first kappa shape index (κ1) is 18.7. The smallest absolute Gasteiger partial charge is 0.248 e. The third kappa shape index (κ3) is 5.43. The fraction of sp³-hybridized carbons (Fsp3) is 0.174. The van der Waals surface area contributed by atoms with E-state index in [0.29, 0.717) is 12.2 Å². The van der Waals surface area contributed by atoms with E-state index in [1.807, 2.05) is 42.5 Å². The van der Waals surface area contributed by atoms with Gasteiger partial charge in [0.1, 0.15) is 12.4 Å². The molecule has 0 bridgehead atoms. The summed E-state index contributed by atoms with van der Waals surface area (Å²) in [7, 11) is 2.09. The second-order valence-corrected chi connectivity index (χ2v) is 6.54. The van der Waals surface area contributed by atoms with E-state index in [9.17, 15) is 4.79 Å². The maximum atomic E-state index is 11.3. The molecule has 0 aliphatic carbocycles. The molecule has 0 aliphatic heterocycles. The zero-order valence-electron chi connectivity index (χ0n) is 15.5. The third-order valence-corrected chi connectivity index (χ3v) is 4.37. The highest BCUT2D eigenvalue weighted by Crippen LogP contribution is 2.23. The second-order valence-electron chi connectivity index (χ2n) is 6.54. The van der Waals surface area contributed by atoms with Crippen molar-refractivity contribution >= 4 is 5.91 Å². The Hall–Kier alpha value is -3.11. The van der Waals surface area contributed by atoms with Gasteiger partial charge < -0.3 is 10.5 Å². The number of hydrogen-bond donors (Lipinski definition) is 1. The van der Waals surface area contributed by atoms with Gasteiger partial charge in [0, 0.05) is 18.7 Å². The number of primary amides is 1. The Bertz CT molecular complexity index is 876. The van der Waals surface area contributed by atoms with Crippen molar-refractivity contribution in [2.45, 2.75) is 6.54 Å². The van der Waals surface area contributed by atoms with Crippen molar-refractivity contribution < 1.29 is 9.53 Å². The molecule has 0 radical (unpaired) electrons. The molecule has 4 heteroatoms. The lowest BCUT2D eigenvalue weighted by Gasteiger charge is -2.17. The van der Waals surface area contributed by atoms with Gasteiger partial charge in [0.2, 0.25) is 5.91 Å². The topological polar surface area (TPSA) is 55.6 Å². The maximum absolute atomic E-state index is 11.3. The summed E-state index contributed by atoms with van der Waals surface area (Å²) in [4.78, 5) is 13.6. The first-order chi connectivity index (χ1) is 13.1. The summed E-state index contributed by atoms with van der Waals surface area (Å²) in [5, 5.41) is 0. The molecule has 0 unspecified atom stereocenters. The first-order valence-corrected chi connectivity index (χ1v) is 8.97. The highest BCUT2D eigenvalue weighted by atomic mass is 16.5. The highest BCUT2D eigenvalue weighted by molar-refractivity contribution is 5.94. The van der Waals surface area contributed by atoms with Gasteiger partial charge in [-0.1, -0.05) is 54.6 Å². The van der Waals surface area contributed by atoms with Gasteiger partial charge >= 0.3 is 0 Å². The van der Waals surface area contributed by atoms with Crippen LogP contribution in [0, 0.1) is 0 Å². The van der Waals surface area contributed by atoms with Crippen molar-refractivity contribution in [2.24, 2.45) is 5.73 Å². The normalized spacial score (nSPS) is 10.7. The lowest BCUT2D eigenvalue weighted by molar-refractivity contribution is 0.100. The van der Waals surface area contributed by atoms with Crippen LogP contribution in [-0.4, -0.2) is 31.0 Å². The van der Waals surface area contributed by atoms with Gasteiger partial charge in [-0.25, -0.2) is 0 Å². The Kier molecular flexibility index (Phi) is 6.23. The molecule has 0 heterocycles. The Labute approximate surface area is 160 Å². The molecule has 0 aliphatic rings. The Morgan fingerprint density at radius 2 is 1.67 bits per heavy atom. The SMILES string of the molecule is CN(CCOc1ccc(-c2cccc(C(N)=O)c2)cc1)Cc1ccccc1. The van der Waals surface area contributed by atoms with Crippen LogP contribution >= 0.6 is 0 Å². The number of hydrogen-bond acceptors (Lipinski definition) is 3. The van der Waals surface area contributed by atoms with Gasteiger partial charge in [-0.15, -0.1) is 0 Å². The zero-order valence-corrected chi connectivity index (χ0v) is 15.5. The van der Waals surface area contributed by atoms with Gasteiger partial charge in [0.15, 0.2) is 0 Å². The maximum Gasteiger partial charge on any atom is 0.248 e. The van der Waals surface area contributed by atoms with Crippen LogP contribution in [-0.2, 0) is 6.54 Å². The number of carbonyl (C=O) groups is 1. The van der Waals surface area contributed by atoms with Crippen molar-refractivity contribution in [2.75, 3.05) is 20.2 Å².